The van der Waals surface area contributed by atoms with E-state index in [4.69, 9.17) is 9.84 Å². The van der Waals surface area contributed by atoms with Gasteiger partial charge in [0, 0.05) is 17.8 Å². The van der Waals surface area contributed by atoms with Crippen LogP contribution in [-0.2, 0) is 11.3 Å². The van der Waals surface area contributed by atoms with Crippen LogP contribution in [-0.4, -0.2) is 31.7 Å². The molecule has 0 saturated heterocycles. The van der Waals surface area contributed by atoms with Crippen molar-refractivity contribution in [3.05, 3.63) is 79.8 Å². The summed E-state index contributed by atoms with van der Waals surface area (Å²) in [5, 5.41) is 8.43. The number of carbonyl (C=O) groups is 1. The summed E-state index contributed by atoms with van der Waals surface area (Å²) in [6, 6.07) is 17.2. The van der Waals surface area contributed by atoms with Crippen LogP contribution in [0.5, 0.6) is 11.5 Å². The minimum absolute atomic E-state index is 0.136. The van der Waals surface area contributed by atoms with Gasteiger partial charge in [-0.1, -0.05) is 24.8 Å². The van der Waals surface area contributed by atoms with E-state index in [-0.39, 0.29) is 11.9 Å². The van der Waals surface area contributed by atoms with E-state index in [1.165, 1.54) is 12.4 Å². The lowest BCUT2D eigenvalue weighted by Gasteiger charge is -2.12. The van der Waals surface area contributed by atoms with E-state index in [0.29, 0.717) is 12.2 Å². The number of amides is 1. The van der Waals surface area contributed by atoms with E-state index in [2.05, 4.69) is 21.9 Å². The van der Waals surface area contributed by atoms with Crippen molar-refractivity contribution in [1.82, 2.24) is 25.1 Å². The van der Waals surface area contributed by atoms with Crippen molar-refractivity contribution < 1.29 is 9.53 Å². The van der Waals surface area contributed by atoms with E-state index < -0.39 is 0 Å². The number of hydrogen-bond donors (Lipinski definition) is 1. The maximum absolute atomic E-state index is 11.6. The molecule has 150 valence electrons. The van der Waals surface area contributed by atoms with Gasteiger partial charge in [0.1, 0.15) is 23.5 Å². The highest BCUT2D eigenvalue weighted by atomic mass is 16.5. The van der Waals surface area contributed by atoms with Gasteiger partial charge in [0.15, 0.2) is 5.65 Å². The molecule has 0 bridgehead atoms. The molecule has 2 aromatic heterocycles. The zero-order chi connectivity index (χ0) is 20.9. The summed E-state index contributed by atoms with van der Waals surface area (Å²) < 4.78 is 7.65. The van der Waals surface area contributed by atoms with E-state index in [1.807, 2.05) is 61.5 Å². The second-order valence-electron chi connectivity index (χ2n) is 6.84. The van der Waals surface area contributed by atoms with Crippen LogP contribution in [0.3, 0.4) is 0 Å². The molecule has 0 spiro atoms. The van der Waals surface area contributed by atoms with Gasteiger partial charge in [-0.05, 0) is 49.4 Å². The molecule has 1 amide bonds. The molecule has 0 aliphatic rings. The van der Waals surface area contributed by atoms with Crippen LogP contribution < -0.4 is 10.1 Å². The minimum Gasteiger partial charge on any atom is -0.457 e. The Hall–Kier alpha value is -4.00. The van der Waals surface area contributed by atoms with Crippen molar-refractivity contribution in [3.8, 4) is 22.8 Å². The Balaban J connectivity index is 1.61. The first-order chi connectivity index (χ1) is 14.6. The van der Waals surface area contributed by atoms with Crippen molar-refractivity contribution in [2.75, 3.05) is 0 Å². The van der Waals surface area contributed by atoms with Crippen LogP contribution in [0.15, 0.2) is 79.8 Å². The maximum atomic E-state index is 11.6. The number of benzene rings is 2. The van der Waals surface area contributed by atoms with Gasteiger partial charge in [-0.25, -0.2) is 14.6 Å². The van der Waals surface area contributed by atoms with Crippen molar-refractivity contribution in [3.63, 3.8) is 0 Å². The van der Waals surface area contributed by atoms with E-state index in [9.17, 15) is 4.79 Å². The average Bonchev–Trinajstić information content (AvgIpc) is 3.13. The molecule has 7 heteroatoms. The van der Waals surface area contributed by atoms with Gasteiger partial charge < -0.3 is 10.1 Å². The van der Waals surface area contributed by atoms with Crippen LogP contribution in [0, 0.1) is 0 Å². The van der Waals surface area contributed by atoms with Crippen molar-refractivity contribution in [2.24, 2.45) is 0 Å². The van der Waals surface area contributed by atoms with E-state index >= 15 is 0 Å². The fraction of sp³-hybridized carbons (Fsp3) is 0.130. The highest BCUT2D eigenvalue weighted by Gasteiger charge is 2.16. The first kappa shape index (κ1) is 19.3. The predicted molar refractivity (Wildman–Crippen MR) is 115 cm³/mol. The Morgan fingerprint density at radius 1 is 1.17 bits per heavy atom. The molecule has 7 nitrogen and oxygen atoms in total. The molecule has 1 N–H and O–H groups in total. The van der Waals surface area contributed by atoms with E-state index in [1.54, 1.807) is 10.9 Å². The lowest BCUT2D eigenvalue weighted by Crippen LogP contribution is -2.34. The number of ether oxygens (including phenoxy) is 1. The monoisotopic (exact) mass is 399 g/mol. The lowest BCUT2D eigenvalue weighted by molar-refractivity contribution is -0.117. The van der Waals surface area contributed by atoms with Crippen LogP contribution in [0.2, 0.25) is 0 Å². The minimum atomic E-state index is -0.220. The Morgan fingerprint density at radius 2 is 1.90 bits per heavy atom. The Morgan fingerprint density at radius 3 is 2.63 bits per heavy atom. The largest absolute Gasteiger partial charge is 0.457 e. The summed E-state index contributed by atoms with van der Waals surface area (Å²) >= 11 is 0. The summed E-state index contributed by atoms with van der Waals surface area (Å²) in [6.45, 7) is 5.87. The van der Waals surface area contributed by atoms with Gasteiger partial charge in [-0.15, -0.1) is 0 Å². The summed E-state index contributed by atoms with van der Waals surface area (Å²) in [5.41, 5.74) is 2.42. The molecule has 0 fully saturated rings. The first-order valence-corrected chi connectivity index (χ1v) is 9.57. The molecule has 2 heterocycles. The SMILES string of the molecule is C=CC(=O)NC(C)Cn1nc(-c2ccc(Oc3ccccc3)cc2)c2cncnc21. The number of para-hydroxylation sites is 1. The third kappa shape index (κ3) is 4.20. The summed E-state index contributed by atoms with van der Waals surface area (Å²) in [6.07, 6.45) is 4.50. The summed E-state index contributed by atoms with van der Waals surface area (Å²) in [5.74, 6) is 1.30. The first-order valence-electron chi connectivity index (χ1n) is 9.57. The molecule has 4 rings (SSSR count). The van der Waals surface area contributed by atoms with Gasteiger partial charge in [0.25, 0.3) is 0 Å². The third-order valence-electron chi connectivity index (χ3n) is 4.54. The number of aromatic nitrogens is 4. The van der Waals surface area contributed by atoms with Gasteiger partial charge in [-0.2, -0.15) is 5.10 Å². The fourth-order valence-electron chi connectivity index (χ4n) is 3.17. The quantitative estimate of drug-likeness (QED) is 0.476. The molecular weight excluding hydrogens is 378 g/mol. The zero-order valence-corrected chi connectivity index (χ0v) is 16.5. The number of carbonyl (C=O) groups excluding carboxylic acids is 1. The van der Waals surface area contributed by atoms with Gasteiger partial charge in [0.05, 0.1) is 11.9 Å². The summed E-state index contributed by atoms with van der Waals surface area (Å²) in [4.78, 5) is 20.1. The summed E-state index contributed by atoms with van der Waals surface area (Å²) in [7, 11) is 0. The highest BCUT2D eigenvalue weighted by molar-refractivity contribution is 5.90. The van der Waals surface area contributed by atoms with Gasteiger partial charge in [-0.3, -0.25) is 4.79 Å². The van der Waals surface area contributed by atoms with Crippen LogP contribution in [0.25, 0.3) is 22.3 Å². The molecule has 0 aliphatic heterocycles. The van der Waals surface area contributed by atoms with Crippen molar-refractivity contribution in [1.29, 1.82) is 0 Å². The maximum Gasteiger partial charge on any atom is 0.243 e. The smallest absolute Gasteiger partial charge is 0.243 e. The van der Waals surface area contributed by atoms with E-state index in [0.717, 1.165) is 28.1 Å². The lowest BCUT2D eigenvalue weighted by atomic mass is 10.1. The standard InChI is InChI=1S/C23H21N5O2/c1-3-21(29)26-16(2)14-28-23-20(13-24-15-25-23)22(27-28)17-9-11-19(12-10-17)30-18-7-5-4-6-8-18/h3-13,15-16H,1,14H2,2H3,(H,26,29). The Labute approximate surface area is 174 Å². The van der Waals surface area contributed by atoms with Crippen LogP contribution >= 0.6 is 0 Å². The van der Waals surface area contributed by atoms with Crippen LogP contribution in [0.4, 0.5) is 0 Å². The van der Waals surface area contributed by atoms with Gasteiger partial charge in [0.2, 0.25) is 5.91 Å². The molecule has 0 saturated carbocycles. The number of nitrogens with zero attached hydrogens (tertiary/aromatic N) is 4. The Bertz CT molecular complexity index is 1170. The molecule has 4 aromatic rings. The van der Waals surface area contributed by atoms with Crippen molar-refractivity contribution in [2.45, 2.75) is 19.5 Å². The predicted octanol–water partition coefficient (Wildman–Crippen LogP) is 3.98. The Kier molecular flexibility index (Phi) is 5.52. The molecule has 30 heavy (non-hydrogen) atoms. The van der Waals surface area contributed by atoms with Crippen molar-refractivity contribution >= 4 is 16.9 Å². The molecule has 0 aliphatic carbocycles. The zero-order valence-electron chi connectivity index (χ0n) is 16.5. The highest BCUT2D eigenvalue weighted by Crippen LogP contribution is 2.29. The molecular formula is C23H21N5O2. The van der Waals surface area contributed by atoms with Gasteiger partial charge >= 0.3 is 0 Å². The average molecular weight is 399 g/mol. The fourth-order valence-corrected chi connectivity index (χ4v) is 3.17. The molecule has 1 unspecified atom stereocenters. The number of rotatable bonds is 7. The third-order valence-corrected chi connectivity index (χ3v) is 4.54. The topological polar surface area (TPSA) is 81.9 Å². The second-order valence-corrected chi connectivity index (χ2v) is 6.84. The van der Waals surface area contributed by atoms with Crippen LogP contribution in [0.1, 0.15) is 6.92 Å². The number of fused-ring (bicyclic) bond motifs is 1. The second kappa shape index (κ2) is 8.57. The molecule has 1 atom stereocenters. The number of hydrogen-bond acceptors (Lipinski definition) is 5. The normalized spacial score (nSPS) is 11.8. The molecule has 2 aromatic carbocycles. The molecule has 0 radical (unpaired) electrons. The number of nitrogens with one attached hydrogen (secondary N) is 1.